The van der Waals surface area contributed by atoms with Crippen LogP contribution in [0, 0.1) is 17.0 Å². The normalized spacial score (nSPS) is 16.3. The van der Waals surface area contributed by atoms with Crippen molar-refractivity contribution in [3.8, 4) is 5.88 Å². The number of carbonyl (C=O) groups is 1. The molecule has 1 aliphatic rings. The Labute approximate surface area is 179 Å². The number of carbonyl (C=O) groups excluding carboxylic acids is 1. The van der Waals surface area contributed by atoms with Crippen molar-refractivity contribution < 1.29 is 22.9 Å². The second-order valence-electron chi connectivity index (χ2n) is 7.10. The molecule has 3 rings (SSSR count). The average molecular weight is 455 g/mol. The molecule has 0 bridgehead atoms. The molecule has 0 aliphatic carbocycles. The van der Waals surface area contributed by atoms with Crippen molar-refractivity contribution in [2.45, 2.75) is 38.3 Å². The predicted molar refractivity (Wildman–Crippen MR) is 108 cm³/mol. The van der Waals surface area contributed by atoms with E-state index in [1.165, 1.54) is 27.2 Å². The van der Waals surface area contributed by atoms with Gasteiger partial charge in [0.2, 0.25) is 15.9 Å². The van der Waals surface area contributed by atoms with E-state index in [-0.39, 0.29) is 48.5 Å². The first-order valence-electron chi connectivity index (χ1n) is 9.70. The minimum atomic E-state index is -3.72. The number of nitrogens with zero attached hydrogens (tertiary/aromatic N) is 7. The molecular formula is C17H25N7O6S. The molecule has 0 saturated carbocycles. The molecule has 0 radical (unpaired) electrons. The van der Waals surface area contributed by atoms with Gasteiger partial charge in [-0.15, -0.1) is 5.10 Å². The molecule has 1 amide bonds. The fourth-order valence-electron chi connectivity index (χ4n) is 3.41. The second-order valence-corrected chi connectivity index (χ2v) is 9.01. The molecule has 14 heteroatoms. The van der Waals surface area contributed by atoms with Gasteiger partial charge >= 0.3 is 11.6 Å². The highest BCUT2D eigenvalue weighted by atomic mass is 32.2. The number of rotatable bonds is 7. The quantitative estimate of drug-likeness (QED) is 0.431. The summed E-state index contributed by atoms with van der Waals surface area (Å²) in [7, 11) is -2.45. The Morgan fingerprint density at radius 1 is 1.26 bits per heavy atom. The van der Waals surface area contributed by atoms with E-state index in [1.807, 2.05) is 6.92 Å². The summed E-state index contributed by atoms with van der Waals surface area (Å²) in [6, 6.07) is -0.809. The van der Waals surface area contributed by atoms with Crippen LogP contribution in [0.4, 0.5) is 5.69 Å². The molecule has 13 nitrogen and oxygen atoms in total. The van der Waals surface area contributed by atoms with Crippen LogP contribution < -0.4 is 4.74 Å². The monoisotopic (exact) mass is 455 g/mol. The standard InChI is InChI=1S/C17H25N7O6S/c1-5-21-11-15(12(2)18-21)31(28,29)22-8-6-20(7-9-22)17(25)13(3)23-10-14(24(26)27)16(19-23)30-4/h10-11,13H,5-9H2,1-4H3. The number of hydrogen-bond acceptors (Lipinski definition) is 8. The van der Waals surface area contributed by atoms with Gasteiger partial charge in [-0.1, -0.05) is 0 Å². The van der Waals surface area contributed by atoms with Gasteiger partial charge in [0.25, 0.3) is 0 Å². The summed E-state index contributed by atoms with van der Waals surface area (Å²) in [5.41, 5.74) is 0.101. The number of amides is 1. The molecule has 0 N–H and O–H groups in total. The Kier molecular flexibility index (Phi) is 6.31. The number of piperazine rings is 1. The predicted octanol–water partition coefficient (Wildman–Crippen LogP) is 0.419. The number of hydrogen-bond donors (Lipinski definition) is 0. The zero-order valence-corrected chi connectivity index (χ0v) is 18.6. The Bertz CT molecular complexity index is 1080. The van der Waals surface area contributed by atoms with Gasteiger partial charge in [0.05, 0.1) is 17.7 Å². The number of methoxy groups -OCH3 is 1. The summed E-state index contributed by atoms with van der Waals surface area (Å²) in [4.78, 5) is 25.0. The van der Waals surface area contributed by atoms with E-state index in [0.29, 0.717) is 12.2 Å². The van der Waals surface area contributed by atoms with Gasteiger partial charge in [0.1, 0.15) is 17.1 Å². The van der Waals surface area contributed by atoms with Gasteiger partial charge in [-0.25, -0.2) is 13.1 Å². The van der Waals surface area contributed by atoms with Crippen molar-refractivity contribution in [1.82, 2.24) is 28.8 Å². The lowest BCUT2D eigenvalue weighted by Gasteiger charge is -2.35. The Morgan fingerprint density at radius 2 is 1.90 bits per heavy atom. The third-order valence-corrected chi connectivity index (χ3v) is 7.22. The van der Waals surface area contributed by atoms with Crippen LogP contribution >= 0.6 is 0 Å². The minimum Gasteiger partial charge on any atom is -0.475 e. The molecule has 2 aromatic heterocycles. The number of aromatic nitrogens is 4. The molecule has 2 aromatic rings. The lowest BCUT2D eigenvalue weighted by Crippen LogP contribution is -2.51. The van der Waals surface area contributed by atoms with Crippen molar-refractivity contribution >= 4 is 21.6 Å². The lowest BCUT2D eigenvalue weighted by atomic mass is 10.2. The van der Waals surface area contributed by atoms with Crippen LogP contribution in [0.3, 0.4) is 0 Å². The van der Waals surface area contributed by atoms with Crippen LogP contribution in [0.25, 0.3) is 0 Å². The number of sulfonamides is 1. The second kappa shape index (κ2) is 8.63. The van der Waals surface area contributed by atoms with Crippen LogP contribution in [0.1, 0.15) is 25.6 Å². The fraction of sp³-hybridized carbons (Fsp3) is 0.588. The molecular weight excluding hydrogens is 430 g/mol. The molecule has 1 fully saturated rings. The van der Waals surface area contributed by atoms with Crippen molar-refractivity contribution in [2.24, 2.45) is 0 Å². The summed E-state index contributed by atoms with van der Waals surface area (Å²) in [6.07, 6.45) is 2.67. The van der Waals surface area contributed by atoms with Gasteiger partial charge in [0.15, 0.2) is 0 Å². The van der Waals surface area contributed by atoms with Gasteiger partial charge in [-0.05, 0) is 20.8 Å². The highest BCUT2D eigenvalue weighted by Crippen LogP contribution is 2.27. The highest BCUT2D eigenvalue weighted by Gasteiger charge is 2.34. The van der Waals surface area contributed by atoms with Crippen LogP contribution in [-0.4, -0.2) is 81.3 Å². The van der Waals surface area contributed by atoms with Crippen LogP contribution in [0.15, 0.2) is 17.3 Å². The largest absolute Gasteiger partial charge is 0.475 e. The van der Waals surface area contributed by atoms with Gasteiger partial charge in [0, 0.05) is 38.9 Å². The van der Waals surface area contributed by atoms with Crippen LogP contribution in [-0.2, 0) is 21.4 Å². The van der Waals surface area contributed by atoms with Crippen molar-refractivity contribution in [3.05, 3.63) is 28.2 Å². The van der Waals surface area contributed by atoms with Crippen molar-refractivity contribution in [3.63, 3.8) is 0 Å². The van der Waals surface area contributed by atoms with E-state index in [9.17, 15) is 23.3 Å². The van der Waals surface area contributed by atoms with Gasteiger partial charge in [-0.3, -0.25) is 19.6 Å². The molecule has 1 unspecified atom stereocenters. The van der Waals surface area contributed by atoms with E-state index in [1.54, 1.807) is 18.5 Å². The van der Waals surface area contributed by atoms with Gasteiger partial charge < -0.3 is 9.64 Å². The maximum Gasteiger partial charge on any atom is 0.350 e. The van der Waals surface area contributed by atoms with Crippen molar-refractivity contribution in [2.75, 3.05) is 33.3 Å². The van der Waals surface area contributed by atoms with Crippen molar-refractivity contribution in [1.29, 1.82) is 0 Å². The molecule has 1 atom stereocenters. The van der Waals surface area contributed by atoms with Gasteiger partial charge in [-0.2, -0.15) is 9.40 Å². The molecule has 0 aromatic carbocycles. The van der Waals surface area contributed by atoms with E-state index < -0.39 is 21.0 Å². The zero-order valence-electron chi connectivity index (χ0n) is 17.8. The fourth-order valence-corrected chi connectivity index (χ4v) is 5.01. The lowest BCUT2D eigenvalue weighted by molar-refractivity contribution is -0.385. The number of aryl methyl sites for hydroxylation is 2. The topological polar surface area (TPSA) is 146 Å². The summed E-state index contributed by atoms with van der Waals surface area (Å²) >= 11 is 0. The third kappa shape index (κ3) is 4.25. The molecule has 1 aliphatic heterocycles. The Hall–Kier alpha value is -3.00. The summed E-state index contributed by atoms with van der Waals surface area (Å²) < 4.78 is 35.0. The maximum atomic E-state index is 13.0. The summed E-state index contributed by atoms with van der Waals surface area (Å²) in [6.45, 7) is 6.33. The minimum absolute atomic E-state index is 0.139. The van der Waals surface area contributed by atoms with Crippen LogP contribution in [0.5, 0.6) is 5.88 Å². The van der Waals surface area contributed by atoms with E-state index in [4.69, 9.17) is 4.74 Å². The molecule has 3 heterocycles. The molecule has 1 saturated heterocycles. The number of nitro groups is 1. The first-order chi connectivity index (χ1) is 14.6. The summed E-state index contributed by atoms with van der Waals surface area (Å²) in [5, 5.41) is 19.3. The maximum absolute atomic E-state index is 13.0. The number of ether oxygens (including phenoxy) is 1. The first kappa shape index (κ1) is 22.7. The highest BCUT2D eigenvalue weighted by molar-refractivity contribution is 7.89. The Balaban J connectivity index is 1.69. The zero-order chi connectivity index (χ0) is 22.9. The Morgan fingerprint density at radius 3 is 2.39 bits per heavy atom. The average Bonchev–Trinajstić information content (AvgIpc) is 3.36. The van der Waals surface area contributed by atoms with E-state index >= 15 is 0 Å². The molecule has 170 valence electrons. The third-order valence-electron chi connectivity index (χ3n) is 5.22. The van der Waals surface area contributed by atoms with Crippen LogP contribution in [0.2, 0.25) is 0 Å². The van der Waals surface area contributed by atoms with E-state index in [2.05, 4.69) is 10.2 Å². The summed E-state index contributed by atoms with van der Waals surface area (Å²) in [5.74, 6) is -0.490. The van der Waals surface area contributed by atoms with E-state index in [0.717, 1.165) is 6.20 Å². The molecule has 31 heavy (non-hydrogen) atoms. The first-order valence-corrected chi connectivity index (χ1v) is 11.1. The SMILES string of the molecule is CCn1cc(S(=O)(=O)N2CCN(C(=O)C(C)n3cc([N+](=O)[O-])c(OC)n3)CC2)c(C)n1. The smallest absolute Gasteiger partial charge is 0.350 e. The molecule has 0 spiro atoms.